The molecule has 1 atom stereocenters. The van der Waals surface area contributed by atoms with E-state index in [1.807, 2.05) is 10.7 Å². The van der Waals surface area contributed by atoms with Gasteiger partial charge in [-0.3, -0.25) is 4.84 Å². The van der Waals surface area contributed by atoms with Crippen LogP contribution in [0.25, 0.3) is 5.52 Å². The molecule has 2 heterocycles. The third kappa shape index (κ3) is 2.54. The van der Waals surface area contributed by atoms with Crippen molar-refractivity contribution in [2.24, 2.45) is 0 Å². The highest BCUT2D eigenvalue weighted by Gasteiger charge is 2.22. The molecule has 0 saturated heterocycles. The Labute approximate surface area is 111 Å². The molecule has 0 bridgehead atoms. The number of nitrogens with zero attached hydrogens (tertiary/aromatic N) is 3. The van der Waals surface area contributed by atoms with E-state index in [0.29, 0.717) is 11.7 Å². The quantitative estimate of drug-likeness (QED) is 0.803. The second-order valence-electron chi connectivity index (χ2n) is 5.06. The Morgan fingerprint density at radius 1 is 1.58 bits per heavy atom. The van der Waals surface area contributed by atoms with Crippen molar-refractivity contribution in [2.75, 3.05) is 12.1 Å². The lowest BCUT2D eigenvalue weighted by Crippen LogP contribution is -2.14. The molecular formula is C13H18N4O2. The summed E-state index contributed by atoms with van der Waals surface area (Å²) < 4.78 is 1.81. The minimum absolute atomic E-state index is 0.215. The van der Waals surface area contributed by atoms with Gasteiger partial charge in [-0.05, 0) is 25.8 Å². The summed E-state index contributed by atoms with van der Waals surface area (Å²) in [6.07, 6.45) is 6.73. The highest BCUT2D eigenvalue weighted by molar-refractivity contribution is 5.67. The zero-order chi connectivity index (χ0) is 13.2. The minimum atomic E-state index is -0.511. The fraction of sp³-hybridized carbons (Fsp3) is 0.538. The van der Waals surface area contributed by atoms with E-state index in [1.165, 1.54) is 19.3 Å². The fourth-order valence-electron chi connectivity index (χ4n) is 2.15. The van der Waals surface area contributed by atoms with E-state index in [1.54, 1.807) is 13.1 Å². The van der Waals surface area contributed by atoms with E-state index in [0.717, 1.165) is 11.2 Å². The minimum Gasteiger partial charge on any atom is -0.391 e. The summed E-state index contributed by atoms with van der Waals surface area (Å²) in [5.74, 6) is 1.22. The molecular weight excluding hydrogens is 244 g/mol. The number of anilines is 1. The van der Waals surface area contributed by atoms with Crippen LogP contribution in [0.15, 0.2) is 18.5 Å². The van der Waals surface area contributed by atoms with Crippen molar-refractivity contribution < 1.29 is 9.94 Å². The smallest absolute Gasteiger partial charge is 0.176 e. The maximum Gasteiger partial charge on any atom is 0.176 e. The number of aliphatic hydroxyl groups is 1. The fourth-order valence-corrected chi connectivity index (χ4v) is 2.15. The summed E-state index contributed by atoms with van der Waals surface area (Å²) in [6, 6.07) is 2.06. The molecule has 102 valence electrons. The number of aliphatic hydroxyl groups excluding tert-OH is 1. The van der Waals surface area contributed by atoms with Gasteiger partial charge in [0.15, 0.2) is 5.82 Å². The number of rotatable bonds is 5. The van der Waals surface area contributed by atoms with Crippen molar-refractivity contribution >= 4 is 11.3 Å². The first kappa shape index (κ1) is 12.4. The van der Waals surface area contributed by atoms with Crippen molar-refractivity contribution in [2.45, 2.75) is 38.2 Å². The van der Waals surface area contributed by atoms with Crippen molar-refractivity contribution in [3.05, 3.63) is 24.2 Å². The molecule has 1 fully saturated rings. The topological polar surface area (TPSA) is 71.7 Å². The molecule has 2 aromatic rings. The normalized spacial score (nSPS) is 17.4. The lowest BCUT2D eigenvalue weighted by atomic mass is 9.83. The molecule has 1 aliphatic carbocycles. The standard InChI is InChI=1S/C13H18N4O2/c1-9(18)8-19-16-13-12-7-11(10-3-2-4-10)15-17(12)6-5-14-13/h5-7,9-10,18H,2-4,8H2,1H3,(H,14,16). The van der Waals surface area contributed by atoms with Gasteiger partial charge in [0.1, 0.15) is 12.1 Å². The highest BCUT2D eigenvalue weighted by atomic mass is 16.6. The molecule has 0 spiro atoms. The zero-order valence-corrected chi connectivity index (χ0v) is 10.9. The molecule has 19 heavy (non-hydrogen) atoms. The van der Waals surface area contributed by atoms with Gasteiger partial charge in [-0.15, -0.1) is 0 Å². The molecule has 3 rings (SSSR count). The predicted octanol–water partition coefficient (Wildman–Crippen LogP) is 1.72. The lowest BCUT2D eigenvalue weighted by Gasteiger charge is -2.22. The SMILES string of the molecule is CC(O)CONc1nccn2nc(C3CCC3)cc12. The molecule has 0 amide bonds. The second-order valence-corrected chi connectivity index (χ2v) is 5.06. The van der Waals surface area contributed by atoms with E-state index in [2.05, 4.69) is 21.6 Å². The monoisotopic (exact) mass is 262 g/mol. The first-order chi connectivity index (χ1) is 9.24. The number of hydrogen-bond acceptors (Lipinski definition) is 5. The average molecular weight is 262 g/mol. The van der Waals surface area contributed by atoms with Crippen LogP contribution in [0.3, 0.4) is 0 Å². The van der Waals surface area contributed by atoms with Gasteiger partial charge >= 0.3 is 0 Å². The summed E-state index contributed by atoms with van der Waals surface area (Å²) in [5.41, 5.74) is 4.80. The number of nitrogens with one attached hydrogen (secondary N) is 1. The van der Waals surface area contributed by atoms with Gasteiger partial charge in [-0.1, -0.05) is 6.42 Å². The summed E-state index contributed by atoms with van der Waals surface area (Å²) in [4.78, 5) is 9.44. The van der Waals surface area contributed by atoms with Crippen LogP contribution in [0.5, 0.6) is 0 Å². The number of aromatic nitrogens is 3. The van der Waals surface area contributed by atoms with E-state index in [9.17, 15) is 0 Å². The Balaban J connectivity index is 1.80. The maximum absolute atomic E-state index is 9.16. The lowest BCUT2D eigenvalue weighted by molar-refractivity contribution is 0.0745. The molecule has 1 saturated carbocycles. The van der Waals surface area contributed by atoms with E-state index in [4.69, 9.17) is 9.94 Å². The molecule has 6 nitrogen and oxygen atoms in total. The van der Waals surface area contributed by atoms with Gasteiger partial charge in [-0.2, -0.15) is 5.10 Å². The van der Waals surface area contributed by atoms with Crippen LogP contribution in [-0.4, -0.2) is 32.4 Å². The predicted molar refractivity (Wildman–Crippen MR) is 70.8 cm³/mol. The van der Waals surface area contributed by atoms with Crippen LogP contribution in [0, 0.1) is 0 Å². The number of hydrogen-bond donors (Lipinski definition) is 2. The van der Waals surface area contributed by atoms with E-state index >= 15 is 0 Å². The van der Waals surface area contributed by atoms with Gasteiger partial charge in [0.05, 0.1) is 11.8 Å². The van der Waals surface area contributed by atoms with Crippen LogP contribution in [0.2, 0.25) is 0 Å². The molecule has 1 aliphatic rings. The molecule has 0 aromatic carbocycles. The van der Waals surface area contributed by atoms with Gasteiger partial charge in [0.2, 0.25) is 0 Å². The van der Waals surface area contributed by atoms with Gasteiger partial charge in [-0.25, -0.2) is 15.0 Å². The first-order valence-electron chi connectivity index (χ1n) is 6.64. The molecule has 1 unspecified atom stereocenters. The van der Waals surface area contributed by atoms with Gasteiger partial charge in [0, 0.05) is 18.3 Å². The molecule has 0 radical (unpaired) electrons. The van der Waals surface area contributed by atoms with Crippen molar-refractivity contribution in [1.29, 1.82) is 0 Å². The van der Waals surface area contributed by atoms with Crippen LogP contribution in [0.1, 0.15) is 37.8 Å². The average Bonchev–Trinajstić information content (AvgIpc) is 2.70. The maximum atomic E-state index is 9.16. The van der Waals surface area contributed by atoms with Crippen LogP contribution < -0.4 is 5.48 Å². The Hall–Kier alpha value is -1.66. The molecule has 0 aliphatic heterocycles. The zero-order valence-electron chi connectivity index (χ0n) is 10.9. The van der Waals surface area contributed by atoms with Crippen molar-refractivity contribution in [3.8, 4) is 0 Å². The third-order valence-corrected chi connectivity index (χ3v) is 3.43. The van der Waals surface area contributed by atoms with E-state index in [-0.39, 0.29) is 6.61 Å². The Morgan fingerprint density at radius 2 is 2.42 bits per heavy atom. The highest BCUT2D eigenvalue weighted by Crippen LogP contribution is 2.36. The van der Waals surface area contributed by atoms with Crippen LogP contribution in [0.4, 0.5) is 5.82 Å². The second kappa shape index (κ2) is 5.14. The molecule has 2 N–H and O–H groups in total. The van der Waals surface area contributed by atoms with Crippen LogP contribution in [-0.2, 0) is 4.84 Å². The largest absolute Gasteiger partial charge is 0.391 e. The summed E-state index contributed by atoms with van der Waals surface area (Å²) in [5, 5.41) is 13.7. The third-order valence-electron chi connectivity index (χ3n) is 3.43. The Kier molecular flexibility index (Phi) is 3.35. The van der Waals surface area contributed by atoms with Gasteiger partial charge in [0.25, 0.3) is 0 Å². The molecule has 6 heteroatoms. The van der Waals surface area contributed by atoms with E-state index < -0.39 is 6.10 Å². The summed E-state index contributed by atoms with van der Waals surface area (Å²) in [7, 11) is 0. The van der Waals surface area contributed by atoms with Crippen LogP contribution >= 0.6 is 0 Å². The van der Waals surface area contributed by atoms with Crippen molar-refractivity contribution in [3.63, 3.8) is 0 Å². The Bertz CT molecular complexity index is 563. The number of fused-ring (bicyclic) bond motifs is 1. The summed E-state index contributed by atoms with van der Waals surface area (Å²) >= 11 is 0. The van der Waals surface area contributed by atoms with Crippen molar-refractivity contribution in [1.82, 2.24) is 14.6 Å². The van der Waals surface area contributed by atoms with Gasteiger partial charge < -0.3 is 5.11 Å². The molecule has 2 aromatic heterocycles. The first-order valence-corrected chi connectivity index (χ1v) is 6.64. The Morgan fingerprint density at radius 3 is 3.11 bits per heavy atom. The summed E-state index contributed by atoms with van der Waals surface area (Å²) in [6.45, 7) is 1.88.